The molecular weight excluding hydrogens is 259 g/mol. The maximum Gasteiger partial charge on any atom is 0.263 e. The van der Waals surface area contributed by atoms with Crippen LogP contribution in [0, 0.1) is 12.7 Å². The van der Waals surface area contributed by atoms with Gasteiger partial charge in [0.2, 0.25) is 0 Å². The molecule has 0 unspecified atom stereocenters. The van der Waals surface area contributed by atoms with Gasteiger partial charge in [0.15, 0.2) is 0 Å². The van der Waals surface area contributed by atoms with Crippen molar-refractivity contribution in [2.24, 2.45) is 0 Å². The third-order valence-electron chi connectivity index (χ3n) is 3.18. The Hall–Kier alpha value is -2.17. The Morgan fingerprint density at radius 2 is 1.95 bits per heavy atom. The van der Waals surface area contributed by atoms with Crippen LogP contribution in [0.5, 0.6) is 0 Å². The Kier molecular flexibility index (Phi) is 4.17. The molecule has 0 aliphatic heterocycles. The van der Waals surface area contributed by atoms with Crippen LogP contribution < -0.4 is 4.90 Å². The zero-order valence-electron chi connectivity index (χ0n) is 11.8. The summed E-state index contributed by atoms with van der Waals surface area (Å²) in [7, 11) is 0. The molecule has 5 heteroatoms. The van der Waals surface area contributed by atoms with E-state index >= 15 is 0 Å². The first-order valence-corrected chi connectivity index (χ1v) is 6.61. The van der Waals surface area contributed by atoms with Crippen LogP contribution in [0.3, 0.4) is 0 Å². The fourth-order valence-corrected chi connectivity index (χ4v) is 2.13. The molecule has 2 aromatic rings. The van der Waals surface area contributed by atoms with Gasteiger partial charge in [0.05, 0.1) is 5.69 Å². The third kappa shape index (κ3) is 2.57. The zero-order chi connectivity index (χ0) is 14.7. The molecule has 0 radical (unpaired) electrons. The Bertz CT molecular complexity index is 605. The van der Waals surface area contributed by atoms with Gasteiger partial charge in [-0.25, -0.2) is 4.39 Å². The molecule has 20 heavy (non-hydrogen) atoms. The van der Waals surface area contributed by atoms with Crippen molar-refractivity contribution in [3.05, 3.63) is 47.1 Å². The first kappa shape index (κ1) is 14.2. The van der Waals surface area contributed by atoms with Gasteiger partial charge in [0.1, 0.15) is 17.1 Å². The van der Waals surface area contributed by atoms with E-state index in [2.05, 4.69) is 5.16 Å². The number of rotatable bonds is 4. The van der Waals surface area contributed by atoms with Gasteiger partial charge in [-0.2, -0.15) is 0 Å². The van der Waals surface area contributed by atoms with Crippen molar-refractivity contribution in [3.63, 3.8) is 0 Å². The van der Waals surface area contributed by atoms with Crippen LogP contribution in [-0.2, 0) is 6.42 Å². The fourth-order valence-electron chi connectivity index (χ4n) is 2.13. The molecule has 1 amide bonds. The standard InChI is InChI=1S/C15H17FN2O2/c1-4-13-14(10(3)20-17-13)15(19)18(5-2)12-8-6-11(16)7-9-12/h6-9H,4-5H2,1-3H3. The summed E-state index contributed by atoms with van der Waals surface area (Å²) in [4.78, 5) is 14.2. The maximum atomic E-state index is 13.0. The van der Waals surface area contributed by atoms with E-state index in [1.54, 1.807) is 24.0 Å². The number of amides is 1. The second kappa shape index (κ2) is 5.86. The molecule has 0 bridgehead atoms. The van der Waals surface area contributed by atoms with Gasteiger partial charge in [-0.3, -0.25) is 4.79 Å². The van der Waals surface area contributed by atoms with E-state index in [0.717, 1.165) is 0 Å². The van der Waals surface area contributed by atoms with Gasteiger partial charge in [-0.05, 0) is 44.5 Å². The molecule has 0 aliphatic rings. The second-order valence-electron chi connectivity index (χ2n) is 4.44. The van der Waals surface area contributed by atoms with Gasteiger partial charge in [0.25, 0.3) is 5.91 Å². The average molecular weight is 276 g/mol. The van der Waals surface area contributed by atoms with Gasteiger partial charge in [-0.15, -0.1) is 0 Å². The number of nitrogens with zero attached hydrogens (tertiary/aromatic N) is 2. The Morgan fingerprint density at radius 1 is 1.30 bits per heavy atom. The highest BCUT2D eigenvalue weighted by Crippen LogP contribution is 2.21. The van der Waals surface area contributed by atoms with Crippen molar-refractivity contribution in [2.45, 2.75) is 27.2 Å². The quantitative estimate of drug-likeness (QED) is 0.860. The van der Waals surface area contributed by atoms with Gasteiger partial charge < -0.3 is 9.42 Å². The van der Waals surface area contributed by atoms with Crippen molar-refractivity contribution >= 4 is 11.6 Å². The Balaban J connectivity index is 2.38. The predicted octanol–water partition coefficient (Wildman–Crippen LogP) is 3.35. The third-order valence-corrected chi connectivity index (χ3v) is 3.18. The van der Waals surface area contributed by atoms with Crippen molar-refractivity contribution in [1.82, 2.24) is 5.16 Å². The zero-order valence-corrected chi connectivity index (χ0v) is 11.8. The van der Waals surface area contributed by atoms with Crippen LogP contribution in [0.25, 0.3) is 0 Å². The molecule has 0 saturated carbocycles. The van der Waals surface area contributed by atoms with E-state index in [0.29, 0.717) is 35.7 Å². The summed E-state index contributed by atoms with van der Waals surface area (Å²) >= 11 is 0. The number of aromatic nitrogens is 1. The molecule has 0 saturated heterocycles. The highest BCUT2D eigenvalue weighted by Gasteiger charge is 2.24. The monoisotopic (exact) mass is 276 g/mol. The molecule has 1 aromatic carbocycles. The first-order chi connectivity index (χ1) is 9.58. The van der Waals surface area contributed by atoms with Crippen LogP contribution in [0.15, 0.2) is 28.8 Å². The van der Waals surface area contributed by atoms with Crippen LogP contribution in [0.1, 0.15) is 35.7 Å². The van der Waals surface area contributed by atoms with E-state index in [9.17, 15) is 9.18 Å². The molecule has 0 atom stereocenters. The summed E-state index contributed by atoms with van der Waals surface area (Å²) in [5.41, 5.74) is 1.80. The largest absolute Gasteiger partial charge is 0.361 e. The molecule has 106 valence electrons. The normalized spacial score (nSPS) is 10.6. The van der Waals surface area contributed by atoms with Crippen molar-refractivity contribution < 1.29 is 13.7 Å². The van der Waals surface area contributed by atoms with Crippen LogP contribution in [-0.4, -0.2) is 17.6 Å². The first-order valence-electron chi connectivity index (χ1n) is 6.61. The van der Waals surface area contributed by atoms with Crippen molar-refractivity contribution in [3.8, 4) is 0 Å². The number of halogens is 1. The molecule has 0 fully saturated rings. The van der Waals surface area contributed by atoms with E-state index in [4.69, 9.17) is 4.52 Å². The topological polar surface area (TPSA) is 46.3 Å². The lowest BCUT2D eigenvalue weighted by molar-refractivity contribution is 0.0986. The molecule has 0 spiro atoms. The highest BCUT2D eigenvalue weighted by atomic mass is 19.1. The number of carbonyl (C=O) groups is 1. The minimum Gasteiger partial charge on any atom is -0.361 e. The minimum atomic E-state index is -0.326. The van der Waals surface area contributed by atoms with E-state index in [1.165, 1.54) is 12.1 Å². The number of aryl methyl sites for hydroxylation is 2. The van der Waals surface area contributed by atoms with E-state index in [1.807, 2.05) is 13.8 Å². The summed E-state index contributed by atoms with van der Waals surface area (Å²) in [6, 6.07) is 5.86. The molecular formula is C15H17FN2O2. The van der Waals surface area contributed by atoms with Crippen molar-refractivity contribution in [2.75, 3.05) is 11.4 Å². The number of hydrogen-bond donors (Lipinski definition) is 0. The lowest BCUT2D eigenvalue weighted by atomic mass is 10.1. The van der Waals surface area contributed by atoms with Gasteiger partial charge >= 0.3 is 0 Å². The smallest absolute Gasteiger partial charge is 0.263 e. The highest BCUT2D eigenvalue weighted by molar-refractivity contribution is 6.07. The van der Waals surface area contributed by atoms with Gasteiger partial charge in [0, 0.05) is 12.2 Å². The minimum absolute atomic E-state index is 0.172. The SMILES string of the molecule is CCc1noc(C)c1C(=O)N(CC)c1ccc(F)cc1. The Labute approximate surface area is 117 Å². The van der Waals surface area contributed by atoms with Gasteiger partial charge in [-0.1, -0.05) is 12.1 Å². The van der Waals surface area contributed by atoms with Crippen LogP contribution in [0.2, 0.25) is 0 Å². The number of carbonyl (C=O) groups excluding carboxylic acids is 1. The predicted molar refractivity (Wildman–Crippen MR) is 74.4 cm³/mol. The summed E-state index contributed by atoms with van der Waals surface area (Å²) in [6.07, 6.45) is 0.624. The lowest BCUT2D eigenvalue weighted by Gasteiger charge is -2.21. The molecule has 1 heterocycles. The van der Waals surface area contributed by atoms with Crippen molar-refractivity contribution in [1.29, 1.82) is 0 Å². The van der Waals surface area contributed by atoms with E-state index in [-0.39, 0.29) is 11.7 Å². The summed E-state index contributed by atoms with van der Waals surface area (Å²) < 4.78 is 18.1. The summed E-state index contributed by atoms with van der Waals surface area (Å²) in [5, 5.41) is 3.90. The summed E-state index contributed by atoms with van der Waals surface area (Å²) in [5.74, 6) is 0.00905. The molecule has 0 N–H and O–H groups in total. The average Bonchev–Trinajstić information content (AvgIpc) is 2.82. The number of anilines is 1. The lowest BCUT2D eigenvalue weighted by Crippen LogP contribution is -2.31. The summed E-state index contributed by atoms with van der Waals surface area (Å²) in [6.45, 7) is 5.99. The second-order valence-corrected chi connectivity index (χ2v) is 4.44. The molecule has 1 aromatic heterocycles. The number of benzene rings is 1. The fraction of sp³-hybridized carbons (Fsp3) is 0.333. The maximum absolute atomic E-state index is 13.0. The molecule has 4 nitrogen and oxygen atoms in total. The molecule has 2 rings (SSSR count). The van der Waals surface area contributed by atoms with Crippen LogP contribution >= 0.6 is 0 Å². The molecule has 0 aliphatic carbocycles. The van der Waals surface area contributed by atoms with E-state index < -0.39 is 0 Å². The van der Waals surface area contributed by atoms with Crippen LogP contribution in [0.4, 0.5) is 10.1 Å². The number of hydrogen-bond acceptors (Lipinski definition) is 3. The Morgan fingerprint density at radius 3 is 2.50 bits per heavy atom.